The molecular weight excluding hydrogens is 568 g/mol. The van der Waals surface area contributed by atoms with Gasteiger partial charge < -0.3 is 29.6 Å². The van der Waals surface area contributed by atoms with Gasteiger partial charge in [-0.2, -0.15) is 5.10 Å². The third kappa shape index (κ3) is 6.27. The number of nitrogens with two attached hydrogens (primary N) is 1. The molecule has 2 aliphatic heterocycles. The van der Waals surface area contributed by atoms with Crippen molar-refractivity contribution in [3.8, 4) is 17.2 Å². The number of ether oxygens (including phenoxy) is 3. The van der Waals surface area contributed by atoms with E-state index in [0.717, 1.165) is 41.5 Å². The van der Waals surface area contributed by atoms with Gasteiger partial charge >= 0.3 is 0 Å². The molecule has 1 atom stereocenters. The van der Waals surface area contributed by atoms with Crippen molar-refractivity contribution in [1.29, 1.82) is 0 Å². The topological polar surface area (TPSA) is 107 Å². The molecule has 1 saturated heterocycles. The van der Waals surface area contributed by atoms with Crippen molar-refractivity contribution in [1.82, 2.24) is 9.91 Å². The summed E-state index contributed by atoms with van der Waals surface area (Å²) in [7, 11) is 3.23. The SMILES string of the molecule is CCC1(CC)C(c2ccc(OC)c(OC)c2)=NN(C2CCN(C(=O)c3cc(OCc4ccccc4)ccc3CN)CC2)C1C=O. The Balaban J connectivity index is 1.34. The number of rotatable bonds is 12. The molecule has 0 spiro atoms. The third-order valence-corrected chi connectivity index (χ3v) is 9.49. The molecule has 45 heavy (non-hydrogen) atoms. The standard InChI is InChI=1S/C36H44N4O5/c1-5-36(6-2)33(23-41)40(38-34(36)26-13-15-31(43-3)32(20-26)44-4)28-16-18-39(19-17-28)35(42)30-21-29(14-12-27(30)22-37)45-24-25-10-8-7-9-11-25/h7-15,20-21,23,28,33H,5-6,16-19,22,24,37H2,1-4H3. The Labute approximate surface area is 265 Å². The van der Waals surface area contributed by atoms with Gasteiger partial charge in [0.1, 0.15) is 24.7 Å². The number of benzene rings is 3. The van der Waals surface area contributed by atoms with Gasteiger partial charge in [-0.15, -0.1) is 0 Å². The second-order valence-corrected chi connectivity index (χ2v) is 11.7. The predicted molar refractivity (Wildman–Crippen MR) is 175 cm³/mol. The van der Waals surface area contributed by atoms with Crippen molar-refractivity contribution >= 4 is 17.9 Å². The van der Waals surface area contributed by atoms with Crippen LogP contribution in [0.25, 0.3) is 0 Å². The van der Waals surface area contributed by atoms with Crippen molar-refractivity contribution < 1.29 is 23.8 Å². The number of hydrogen-bond acceptors (Lipinski definition) is 8. The number of likely N-dealkylation sites (tertiary alicyclic amines) is 1. The molecule has 9 nitrogen and oxygen atoms in total. The van der Waals surface area contributed by atoms with Crippen molar-refractivity contribution in [3.05, 3.63) is 89.0 Å². The van der Waals surface area contributed by atoms with Gasteiger partial charge in [-0.25, -0.2) is 0 Å². The molecule has 2 N–H and O–H groups in total. The molecule has 1 unspecified atom stereocenters. The zero-order valence-electron chi connectivity index (χ0n) is 26.7. The maximum Gasteiger partial charge on any atom is 0.254 e. The second-order valence-electron chi connectivity index (χ2n) is 11.7. The van der Waals surface area contributed by atoms with Gasteiger partial charge in [0, 0.05) is 36.2 Å². The Kier molecular flexibility index (Phi) is 10.1. The average molecular weight is 613 g/mol. The summed E-state index contributed by atoms with van der Waals surface area (Å²) in [5, 5.41) is 7.17. The number of nitrogens with zero attached hydrogens (tertiary/aromatic N) is 3. The highest BCUT2D eigenvalue weighted by Crippen LogP contribution is 2.45. The zero-order chi connectivity index (χ0) is 32.0. The molecule has 1 amide bonds. The van der Waals surface area contributed by atoms with E-state index in [1.165, 1.54) is 0 Å². The fraction of sp³-hybridized carbons (Fsp3) is 0.417. The van der Waals surface area contributed by atoms with Crippen LogP contribution in [0.3, 0.4) is 0 Å². The van der Waals surface area contributed by atoms with Crippen LogP contribution in [0.1, 0.15) is 66.6 Å². The van der Waals surface area contributed by atoms with Gasteiger partial charge in [0.2, 0.25) is 0 Å². The summed E-state index contributed by atoms with van der Waals surface area (Å²) < 4.78 is 17.0. The number of hydrogen-bond donors (Lipinski definition) is 1. The van der Waals surface area contributed by atoms with Gasteiger partial charge in [0.25, 0.3) is 5.91 Å². The summed E-state index contributed by atoms with van der Waals surface area (Å²) in [5.41, 5.74) is 9.81. The average Bonchev–Trinajstić information content (AvgIpc) is 3.45. The highest BCUT2D eigenvalue weighted by Gasteiger charge is 2.51. The van der Waals surface area contributed by atoms with Gasteiger partial charge in [-0.05, 0) is 67.1 Å². The van der Waals surface area contributed by atoms with E-state index in [-0.39, 0.29) is 18.5 Å². The number of carbonyl (C=O) groups is 2. The molecule has 9 heteroatoms. The minimum absolute atomic E-state index is 0.0221. The van der Waals surface area contributed by atoms with Gasteiger partial charge in [-0.1, -0.05) is 50.2 Å². The molecule has 0 radical (unpaired) electrons. The minimum Gasteiger partial charge on any atom is -0.493 e. The predicted octanol–water partition coefficient (Wildman–Crippen LogP) is 5.44. The highest BCUT2D eigenvalue weighted by atomic mass is 16.5. The van der Waals surface area contributed by atoms with E-state index >= 15 is 0 Å². The third-order valence-electron chi connectivity index (χ3n) is 9.49. The van der Waals surface area contributed by atoms with Crippen LogP contribution in [-0.2, 0) is 17.9 Å². The van der Waals surface area contributed by atoms with Crippen LogP contribution in [0.4, 0.5) is 0 Å². The quantitative estimate of drug-likeness (QED) is 0.272. The monoisotopic (exact) mass is 612 g/mol. The first kappa shape index (κ1) is 32.0. The highest BCUT2D eigenvalue weighted by molar-refractivity contribution is 6.08. The normalized spacial score (nSPS) is 18.0. The van der Waals surface area contributed by atoms with E-state index in [0.29, 0.717) is 55.4 Å². The van der Waals surface area contributed by atoms with Crippen LogP contribution in [0.2, 0.25) is 0 Å². The Morgan fingerprint density at radius 3 is 2.31 bits per heavy atom. The molecular formula is C36H44N4O5. The summed E-state index contributed by atoms with van der Waals surface area (Å²) in [6, 6.07) is 20.9. The van der Waals surface area contributed by atoms with E-state index in [2.05, 4.69) is 13.8 Å². The Morgan fingerprint density at radius 1 is 0.978 bits per heavy atom. The van der Waals surface area contributed by atoms with Crippen LogP contribution < -0.4 is 19.9 Å². The number of aldehydes is 1. The van der Waals surface area contributed by atoms with E-state index in [4.69, 9.17) is 25.0 Å². The lowest BCUT2D eigenvalue weighted by Gasteiger charge is -2.41. The molecule has 0 aliphatic carbocycles. The number of amides is 1. The Bertz CT molecular complexity index is 1510. The van der Waals surface area contributed by atoms with E-state index < -0.39 is 11.5 Å². The maximum atomic E-state index is 13.8. The lowest BCUT2D eigenvalue weighted by molar-refractivity contribution is -0.116. The number of hydrazone groups is 1. The van der Waals surface area contributed by atoms with Crippen LogP contribution in [-0.4, -0.2) is 67.2 Å². The summed E-state index contributed by atoms with van der Waals surface area (Å²) in [4.78, 5) is 28.4. The summed E-state index contributed by atoms with van der Waals surface area (Å²) in [6.07, 6.45) is 3.97. The van der Waals surface area contributed by atoms with Crippen molar-refractivity contribution in [3.63, 3.8) is 0 Å². The maximum absolute atomic E-state index is 13.8. The molecule has 0 aromatic heterocycles. The first-order valence-corrected chi connectivity index (χ1v) is 15.8. The number of carbonyl (C=O) groups excluding carboxylic acids is 2. The molecule has 0 bridgehead atoms. The molecule has 2 aliphatic rings. The smallest absolute Gasteiger partial charge is 0.254 e. The van der Waals surface area contributed by atoms with Crippen molar-refractivity contribution in [2.45, 2.75) is 64.8 Å². The fourth-order valence-electron chi connectivity index (χ4n) is 6.77. The lowest BCUT2D eigenvalue weighted by atomic mass is 9.70. The van der Waals surface area contributed by atoms with E-state index in [1.54, 1.807) is 20.3 Å². The molecule has 238 valence electrons. The molecule has 3 aromatic rings. The van der Waals surface area contributed by atoms with Crippen molar-refractivity contribution in [2.24, 2.45) is 16.3 Å². The first-order valence-electron chi connectivity index (χ1n) is 15.8. The fourth-order valence-corrected chi connectivity index (χ4v) is 6.77. The Hall–Kier alpha value is -4.37. The molecule has 0 saturated carbocycles. The largest absolute Gasteiger partial charge is 0.493 e. The van der Waals surface area contributed by atoms with Gasteiger partial charge in [0.15, 0.2) is 11.5 Å². The van der Waals surface area contributed by atoms with Crippen LogP contribution in [0.15, 0.2) is 71.8 Å². The summed E-state index contributed by atoms with van der Waals surface area (Å²) in [5.74, 6) is 1.84. The van der Waals surface area contributed by atoms with Crippen LogP contribution in [0, 0.1) is 5.41 Å². The number of methoxy groups -OCH3 is 2. The first-order chi connectivity index (χ1) is 21.9. The lowest BCUT2D eigenvalue weighted by Crippen LogP contribution is -2.51. The van der Waals surface area contributed by atoms with E-state index in [9.17, 15) is 9.59 Å². The van der Waals surface area contributed by atoms with Gasteiger partial charge in [-0.3, -0.25) is 9.80 Å². The molecule has 5 rings (SSSR count). The van der Waals surface area contributed by atoms with Crippen LogP contribution >= 0.6 is 0 Å². The van der Waals surface area contributed by atoms with Crippen LogP contribution in [0.5, 0.6) is 17.2 Å². The zero-order valence-corrected chi connectivity index (χ0v) is 26.7. The van der Waals surface area contributed by atoms with Crippen molar-refractivity contribution in [2.75, 3.05) is 27.3 Å². The number of piperidine rings is 1. The molecule has 2 heterocycles. The van der Waals surface area contributed by atoms with E-state index in [1.807, 2.05) is 70.6 Å². The second kappa shape index (κ2) is 14.2. The molecule has 1 fully saturated rings. The van der Waals surface area contributed by atoms with Gasteiger partial charge in [0.05, 0.1) is 26.0 Å². The molecule has 3 aromatic carbocycles. The summed E-state index contributed by atoms with van der Waals surface area (Å²) >= 11 is 0. The minimum atomic E-state index is -0.440. The summed E-state index contributed by atoms with van der Waals surface area (Å²) in [6.45, 7) is 6.02. The Morgan fingerprint density at radius 2 is 1.69 bits per heavy atom.